The molecule has 0 bridgehead atoms. The molecule has 1 heterocycles. The van der Waals surface area contributed by atoms with E-state index in [0.717, 1.165) is 12.4 Å². The number of hydrogen-bond donors (Lipinski definition) is 0. The Morgan fingerprint density at radius 1 is 1.20 bits per heavy atom. The number of benzene rings is 1. The van der Waals surface area contributed by atoms with Crippen LogP contribution in [0.3, 0.4) is 0 Å². The van der Waals surface area contributed by atoms with Gasteiger partial charge in [0.2, 0.25) is 0 Å². The van der Waals surface area contributed by atoms with E-state index in [1.807, 2.05) is 0 Å². The first-order chi connectivity index (χ1) is 7.10. The van der Waals surface area contributed by atoms with Gasteiger partial charge in [-0.15, -0.1) is 0 Å². The SMILES string of the molecule is O=S(=O)(c1ccccc1)n1cc(F)cn1. The van der Waals surface area contributed by atoms with Gasteiger partial charge in [-0.25, -0.2) is 4.39 Å². The Labute approximate surface area is 86.0 Å². The molecule has 0 N–H and O–H groups in total. The number of nitrogens with zero attached hydrogens (tertiary/aromatic N) is 2. The fourth-order valence-electron chi connectivity index (χ4n) is 1.12. The zero-order chi connectivity index (χ0) is 10.9. The van der Waals surface area contributed by atoms with Crippen LogP contribution in [0.2, 0.25) is 0 Å². The number of rotatable bonds is 2. The summed E-state index contributed by atoms with van der Waals surface area (Å²) in [6.07, 6.45) is 1.67. The summed E-state index contributed by atoms with van der Waals surface area (Å²) in [5, 5.41) is 3.42. The third kappa shape index (κ3) is 1.75. The van der Waals surface area contributed by atoms with Crippen LogP contribution >= 0.6 is 0 Å². The summed E-state index contributed by atoms with van der Waals surface area (Å²) in [6.45, 7) is 0. The van der Waals surface area contributed by atoms with E-state index in [0.29, 0.717) is 4.09 Å². The second-order valence-corrected chi connectivity index (χ2v) is 4.64. The van der Waals surface area contributed by atoms with Crippen LogP contribution in [0, 0.1) is 5.82 Å². The largest absolute Gasteiger partial charge is 0.283 e. The van der Waals surface area contributed by atoms with E-state index < -0.39 is 15.8 Å². The van der Waals surface area contributed by atoms with Crippen LogP contribution in [0.4, 0.5) is 4.39 Å². The van der Waals surface area contributed by atoms with Gasteiger partial charge in [-0.1, -0.05) is 18.2 Å². The van der Waals surface area contributed by atoms with Crippen LogP contribution in [-0.2, 0) is 10.0 Å². The van der Waals surface area contributed by atoms with Gasteiger partial charge in [-0.2, -0.15) is 17.6 Å². The van der Waals surface area contributed by atoms with Crippen molar-refractivity contribution in [1.82, 2.24) is 9.19 Å². The number of halogens is 1. The molecule has 1 aromatic carbocycles. The van der Waals surface area contributed by atoms with Crippen molar-refractivity contribution in [2.24, 2.45) is 0 Å². The Morgan fingerprint density at radius 3 is 2.40 bits per heavy atom. The van der Waals surface area contributed by atoms with E-state index in [1.54, 1.807) is 18.2 Å². The second kappa shape index (κ2) is 3.47. The van der Waals surface area contributed by atoms with Crippen LogP contribution in [0.15, 0.2) is 47.6 Å². The zero-order valence-corrected chi connectivity index (χ0v) is 8.36. The molecule has 78 valence electrons. The fraction of sp³-hybridized carbons (Fsp3) is 0. The van der Waals surface area contributed by atoms with Crippen molar-refractivity contribution in [2.45, 2.75) is 4.90 Å². The monoisotopic (exact) mass is 226 g/mol. The predicted molar refractivity (Wildman–Crippen MR) is 51.2 cm³/mol. The maximum Gasteiger partial charge on any atom is 0.283 e. The van der Waals surface area contributed by atoms with Crippen molar-refractivity contribution < 1.29 is 12.8 Å². The summed E-state index contributed by atoms with van der Waals surface area (Å²) in [5.41, 5.74) is 0. The van der Waals surface area contributed by atoms with Gasteiger partial charge in [0, 0.05) is 0 Å². The summed E-state index contributed by atoms with van der Waals surface area (Å²) in [6, 6.07) is 7.73. The van der Waals surface area contributed by atoms with Crippen molar-refractivity contribution in [3.63, 3.8) is 0 Å². The first-order valence-corrected chi connectivity index (χ1v) is 5.55. The van der Waals surface area contributed by atoms with Crippen molar-refractivity contribution in [3.05, 3.63) is 48.5 Å². The minimum Gasteiger partial charge on any atom is -0.203 e. The quantitative estimate of drug-likeness (QED) is 0.774. The Hall–Kier alpha value is -1.69. The highest BCUT2D eigenvalue weighted by molar-refractivity contribution is 7.89. The molecule has 4 nitrogen and oxygen atoms in total. The molecule has 0 unspecified atom stereocenters. The topological polar surface area (TPSA) is 52.0 Å². The molecule has 0 fully saturated rings. The van der Waals surface area contributed by atoms with Crippen LogP contribution in [0.1, 0.15) is 0 Å². The van der Waals surface area contributed by atoms with Crippen LogP contribution in [-0.4, -0.2) is 17.6 Å². The standard InChI is InChI=1S/C9H7FN2O2S/c10-8-6-11-12(7-8)15(13,14)9-4-2-1-3-5-9/h1-7H. The van der Waals surface area contributed by atoms with E-state index in [4.69, 9.17) is 0 Å². The molecule has 2 aromatic rings. The fourth-order valence-corrected chi connectivity index (χ4v) is 2.24. The molecule has 0 saturated carbocycles. The lowest BCUT2D eigenvalue weighted by Crippen LogP contribution is -2.13. The first kappa shape index (κ1) is 9.85. The molecule has 0 saturated heterocycles. The van der Waals surface area contributed by atoms with Gasteiger partial charge in [0.25, 0.3) is 10.0 Å². The third-order valence-electron chi connectivity index (χ3n) is 1.82. The molecule has 0 aliphatic carbocycles. The van der Waals surface area contributed by atoms with E-state index in [2.05, 4.69) is 5.10 Å². The Bertz CT molecular complexity index is 563. The van der Waals surface area contributed by atoms with Gasteiger partial charge in [-0.05, 0) is 12.1 Å². The predicted octanol–water partition coefficient (Wildman–Crippen LogP) is 1.26. The zero-order valence-electron chi connectivity index (χ0n) is 7.54. The van der Waals surface area contributed by atoms with Crippen LogP contribution in [0.25, 0.3) is 0 Å². The Morgan fingerprint density at radius 2 is 1.87 bits per heavy atom. The Balaban J connectivity index is 2.54. The molecule has 1 aromatic heterocycles. The van der Waals surface area contributed by atoms with Crippen molar-refractivity contribution in [1.29, 1.82) is 0 Å². The summed E-state index contributed by atoms with van der Waals surface area (Å²) >= 11 is 0. The van der Waals surface area contributed by atoms with E-state index in [-0.39, 0.29) is 4.90 Å². The molecule has 6 heteroatoms. The average molecular weight is 226 g/mol. The molecule has 0 spiro atoms. The maximum absolute atomic E-state index is 12.6. The molecule has 0 radical (unpaired) electrons. The lowest BCUT2D eigenvalue weighted by atomic mass is 10.4. The molecule has 0 atom stereocenters. The highest BCUT2D eigenvalue weighted by atomic mass is 32.2. The molecular weight excluding hydrogens is 219 g/mol. The first-order valence-electron chi connectivity index (χ1n) is 4.11. The highest BCUT2D eigenvalue weighted by Crippen LogP contribution is 2.12. The van der Waals surface area contributed by atoms with Gasteiger partial charge in [0.1, 0.15) is 0 Å². The summed E-state index contributed by atoms with van der Waals surface area (Å²) in [4.78, 5) is 0.0769. The highest BCUT2D eigenvalue weighted by Gasteiger charge is 2.17. The molecule has 0 amide bonds. The van der Waals surface area contributed by atoms with Crippen LogP contribution in [0.5, 0.6) is 0 Å². The minimum absolute atomic E-state index is 0.0769. The molecule has 2 rings (SSSR count). The van der Waals surface area contributed by atoms with Gasteiger partial charge in [-0.3, -0.25) is 0 Å². The van der Waals surface area contributed by atoms with Gasteiger partial charge >= 0.3 is 0 Å². The second-order valence-electron chi connectivity index (χ2n) is 2.85. The number of hydrogen-bond acceptors (Lipinski definition) is 3. The normalized spacial score (nSPS) is 11.5. The van der Waals surface area contributed by atoms with E-state index >= 15 is 0 Å². The van der Waals surface area contributed by atoms with Crippen LogP contribution < -0.4 is 0 Å². The molecule has 0 aliphatic heterocycles. The summed E-state index contributed by atoms with van der Waals surface area (Å²) in [5.74, 6) is -0.686. The summed E-state index contributed by atoms with van der Waals surface area (Å²) in [7, 11) is -3.75. The number of aromatic nitrogens is 2. The van der Waals surface area contributed by atoms with Gasteiger partial charge in [0.15, 0.2) is 5.82 Å². The average Bonchev–Trinajstić information content (AvgIpc) is 2.67. The maximum atomic E-state index is 12.6. The minimum atomic E-state index is -3.75. The lowest BCUT2D eigenvalue weighted by molar-refractivity contribution is 0.578. The van der Waals surface area contributed by atoms with Crippen molar-refractivity contribution in [2.75, 3.05) is 0 Å². The Kier molecular flexibility index (Phi) is 2.28. The molecule has 0 aliphatic rings. The van der Waals surface area contributed by atoms with Gasteiger partial charge in [0.05, 0.1) is 17.3 Å². The van der Waals surface area contributed by atoms with E-state index in [9.17, 15) is 12.8 Å². The molecular formula is C9H7FN2O2S. The summed E-state index contributed by atoms with van der Waals surface area (Å²) < 4.78 is 36.8. The smallest absolute Gasteiger partial charge is 0.203 e. The van der Waals surface area contributed by atoms with Gasteiger partial charge < -0.3 is 0 Å². The van der Waals surface area contributed by atoms with E-state index in [1.165, 1.54) is 12.1 Å². The lowest BCUT2D eigenvalue weighted by Gasteiger charge is -2.02. The third-order valence-corrected chi connectivity index (χ3v) is 3.38. The van der Waals surface area contributed by atoms with Crippen molar-refractivity contribution >= 4 is 10.0 Å². The van der Waals surface area contributed by atoms with Crippen molar-refractivity contribution in [3.8, 4) is 0 Å². The molecule has 15 heavy (non-hydrogen) atoms.